The third-order valence-electron chi connectivity index (χ3n) is 6.14. The number of ether oxygens (including phenoxy) is 2. The van der Waals surface area contributed by atoms with E-state index in [-0.39, 0.29) is 54.3 Å². The summed E-state index contributed by atoms with van der Waals surface area (Å²) < 4.78 is 10.7. The van der Waals surface area contributed by atoms with Crippen molar-refractivity contribution in [2.75, 3.05) is 79.3 Å². The van der Waals surface area contributed by atoms with Gasteiger partial charge in [-0.05, 0) is 34.6 Å². The van der Waals surface area contributed by atoms with Crippen LogP contribution in [-0.2, 0) is 33.4 Å². The summed E-state index contributed by atoms with van der Waals surface area (Å²) in [7, 11) is 0. The second kappa shape index (κ2) is 35.4. The molecule has 0 radical (unpaired) electrons. The Labute approximate surface area is 320 Å². The summed E-state index contributed by atoms with van der Waals surface area (Å²) in [6.45, 7) is 18.2. The molecule has 0 spiro atoms. The first-order chi connectivity index (χ1) is 25.1. The van der Waals surface area contributed by atoms with Crippen LogP contribution in [0.2, 0.25) is 0 Å². The van der Waals surface area contributed by atoms with E-state index in [1.165, 1.54) is 34.6 Å². The highest BCUT2D eigenvalue weighted by atomic mass is 16.5. The van der Waals surface area contributed by atoms with Gasteiger partial charge < -0.3 is 75.9 Å². The first-order valence-corrected chi connectivity index (χ1v) is 15.6. The molecule has 0 fully saturated rings. The van der Waals surface area contributed by atoms with E-state index in [1.54, 1.807) is 0 Å². The minimum absolute atomic E-state index is 0.176. The lowest BCUT2D eigenvalue weighted by Crippen LogP contribution is -2.45. The molecule has 0 aliphatic carbocycles. The summed E-state index contributed by atoms with van der Waals surface area (Å²) in [5, 5.41) is 114. The number of hydrogen-bond acceptors (Lipinski definition) is 15. The van der Waals surface area contributed by atoms with Crippen molar-refractivity contribution in [3.8, 4) is 0 Å². The number of rotatable bonds is 21. The summed E-state index contributed by atoms with van der Waals surface area (Å²) in [5.74, 6) is -4.68. The van der Waals surface area contributed by atoms with Crippen LogP contribution in [0.15, 0.2) is 60.8 Å². The molecule has 0 aliphatic heterocycles. The Morgan fingerprint density at radius 3 is 0.545 bits per heavy atom. The van der Waals surface area contributed by atoms with Crippen molar-refractivity contribution in [1.82, 2.24) is 0 Å². The number of aliphatic hydroxyl groups is 8. The van der Waals surface area contributed by atoms with E-state index in [0.717, 1.165) is 0 Å². The van der Waals surface area contributed by atoms with Crippen LogP contribution in [0, 0.1) is 16.2 Å². The number of carbonyl (C=O) groups is 5. The van der Waals surface area contributed by atoms with Gasteiger partial charge in [0.05, 0.1) is 95.5 Å². The fourth-order valence-corrected chi connectivity index (χ4v) is 1.82. The van der Waals surface area contributed by atoms with Gasteiger partial charge in [0, 0.05) is 27.9 Å². The van der Waals surface area contributed by atoms with Gasteiger partial charge in [-0.3, -0.25) is 0 Å². The van der Waals surface area contributed by atoms with Gasteiger partial charge in [0.25, 0.3) is 0 Å². The van der Waals surface area contributed by atoms with Crippen LogP contribution < -0.4 is 0 Å². The van der Waals surface area contributed by atoms with Crippen molar-refractivity contribution in [2.45, 2.75) is 34.6 Å². The number of hydrogen-bond donors (Lipinski definition) is 13. The van der Waals surface area contributed by atoms with Crippen molar-refractivity contribution in [2.24, 2.45) is 16.2 Å². The highest BCUT2D eigenvalue weighted by molar-refractivity contribution is 5.86. The van der Waals surface area contributed by atoms with Crippen LogP contribution in [-0.4, -0.2) is 176 Å². The third-order valence-corrected chi connectivity index (χ3v) is 6.14. The summed E-state index contributed by atoms with van der Waals surface area (Å²) in [6.07, 6.45) is 0. The molecule has 0 saturated heterocycles. The fraction of sp³-hybridized carbons (Fsp3) is 0.571. The van der Waals surface area contributed by atoms with Gasteiger partial charge in [-0.25, -0.2) is 24.0 Å². The molecule has 0 amide bonds. The quantitative estimate of drug-likeness (QED) is 0.0629. The molecule has 0 saturated carbocycles. The van der Waals surface area contributed by atoms with E-state index < -0.39 is 98.9 Å². The summed E-state index contributed by atoms with van der Waals surface area (Å²) in [5.41, 5.74) is -2.81. The van der Waals surface area contributed by atoms with Crippen molar-refractivity contribution < 1.29 is 99.8 Å². The Morgan fingerprint density at radius 2 is 0.455 bits per heavy atom. The smallest absolute Gasteiger partial charge is 0.330 e. The maximum atomic E-state index is 9.60. The average Bonchev–Trinajstić information content (AvgIpc) is 3.12. The van der Waals surface area contributed by atoms with Gasteiger partial charge in [0.2, 0.25) is 0 Å². The highest BCUT2D eigenvalue weighted by Crippen LogP contribution is 2.23. The van der Waals surface area contributed by atoms with Gasteiger partial charge >= 0.3 is 29.8 Å². The normalized spacial score (nSPS) is 10.2. The number of carboxylic acid groups (broad SMARTS) is 5. The lowest BCUT2D eigenvalue weighted by Gasteiger charge is -2.34. The molecule has 55 heavy (non-hydrogen) atoms. The molecule has 13 N–H and O–H groups in total. The molecule has 0 aliphatic rings. The lowest BCUT2D eigenvalue weighted by atomic mass is 9.90. The molecule has 0 bridgehead atoms. The zero-order valence-corrected chi connectivity index (χ0v) is 32.2. The lowest BCUT2D eigenvalue weighted by molar-refractivity contribution is -0.133. The molecule has 20 heteroatoms. The second-order valence-corrected chi connectivity index (χ2v) is 12.2. The molecule has 0 aromatic rings. The third kappa shape index (κ3) is 36.4. The Hall–Kier alpha value is -4.35. The Bertz CT molecular complexity index is 951. The first-order valence-electron chi connectivity index (χ1n) is 15.6. The minimum atomic E-state index is -1.24. The van der Waals surface area contributed by atoms with Crippen LogP contribution in [0.4, 0.5) is 0 Å². The molecular weight excluding hydrogens is 740 g/mol. The van der Waals surface area contributed by atoms with Crippen LogP contribution in [0.3, 0.4) is 0 Å². The average molecular weight is 803 g/mol. The Kier molecular flexibility index (Phi) is 40.3. The standard InChI is InChI=1S/C15H32O10.5C4H6O2/c16-1-13(2-17,3-18)9-24-11-15(7-22,8-23)12-25-10-14(4-19,5-20)6-21;5*1-3(2)4(5)6/h16-23H,1-12H2;5*1H2,2H3,(H,5,6). The molecule has 20 nitrogen and oxygen atoms in total. The molecule has 322 valence electrons. The maximum Gasteiger partial charge on any atom is 0.330 e. The minimum Gasteiger partial charge on any atom is -0.478 e. The monoisotopic (exact) mass is 802 g/mol. The van der Waals surface area contributed by atoms with Crippen LogP contribution in [0.5, 0.6) is 0 Å². The maximum absolute atomic E-state index is 9.60. The van der Waals surface area contributed by atoms with Gasteiger partial charge in [0.1, 0.15) is 0 Å². The SMILES string of the molecule is C=C(C)C(=O)O.C=C(C)C(=O)O.C=C(C)C(=O)O.C=C(C)C(=O)O.C=C(C)C(=O)O.OCC(CO)(CO)COCC(CO)(CO)COCC(CO)(CO)CO. The van der Waals surface area contributed by atoms with Crippen molar-refractivity contribution in [3.63, 3.8) is 0 Å². The van der Waals surface area contributed by atoms with Crippen LogP contribution >= 0.6 is 0 Å². The summed E-state index contributed by atoms with van der Waals surface area (Å²) in [4.78, 5) is 48.0. The fourth-order valence-electron chi connectivity index (χ4n) is 1.82. The van der Waals surface area contributed by atoms with E-state index in [2.05, 4.69) is 32.9 Å². The largest absolute Gasteiger partial charge is 0.478 e. The molecule has 0 aromatic carbocycles. The van der Waals surface area contributed by atoms with Crippen molar-refractivity contribution in [1.29, 1.82) is 0 Å². The van der Waals surface area contributed by atoms with E-state index in [9.17, 15) is 64.8 Å². The Balaban J connectivity index is -0.000000160. The summed E-state index contributed by atoms with van der Waals surface area (Å²) >= 11 is 0. The number of aliphatic hydroxyl groups excluding tert-OH is 8. The predicted octanol–water partition coefficient (Wildman–Crippen LogP) is -0.847. The van der Waals surface area contributed by atoms with Crippen molar-refractivity contribution in [3.05, 3.63) is 60.8 Å². The highest BCUT2D eigenvalue weighted by Gasteiger charge is 2.35. The predicted molar refractivity (Wildman–Crippen MR) is 198 cm³/mol. The molecule has 0 aromatic heterocycles. The topological polar surface area (TPSA) is 367 Å². The summed E-state index contributed by atoms with van der Waals surface area (Å²) in [6, 6.07) is 0. The van der Waals surface area contributed by atoms with E-state index in [0.29, 0.717) is 0 Å². The second-order valence-electron chi connectivity index (χ2n) is 12.2. The molecule has 0 rings (SSSR count). The zero-order valence-electron chi connectivity index (χ0n) is 32.2. The van der Waals surface area contributed by atoms with Gasteiger partial charge in [0.15, 0.2) is 0 Å². The van der Waals surface area contributed by atoms with Crippen molar-refractivity contribution >= 4 is 29.8 Å². The molecule has 0 heterocycles. The first kappa shape index (κ1) is 62.6. The molecule has 0 unspecified atom stereocenters. The van der Waals surface area contributed by atoms with E-state index >= 15 is 0 Å². The zero-order chi connectivity index (χ0) is 45.2. The van der Waals surface area contributed by atoms with E-state index in [4.69, 9.17) is 35.0 Å². The van der Waals surface area contributed by atoms with Gasteiger partial charge in [-0.1, -0.05) is 32.9 Å². The molecule has 0 atom stereocenters. The van der Waals surface area contributed by atoms with Crippen LogP contribution in [0.1, 0.15) is 34.6 Å². The van der Waals surface area contributed by atoms with Gasteiger partial charge in [-0.2, -0.15) is 0 Å². The van der Waals surface area contributed by atoms with Gasteiger partial charge in [-0.15, -0.1) is 0 Å². The van der Waals surface area contributed by atoms with E-state index in [1.807, 2.05) is 0 Å². The van der Waals surface area contributed by atoms with Crippen LogP contribution in [0.25, 0.3) is 0 Å². The number of carboxylic acids is 5. The Morgan fingerprint density at radius 1 is 0.345 bits per heavy atom. The number of aliphatic carboxylic acids is 5. The molecular formula is C35H62O20.